The van der Waals surface area contributed by atoms with Crippen LogP contribution in [0.3, 0.4) is 0 Å². The number of nitrogens with one attached hydrogen (secondary N) is 3. The van der Waals surface area contributed by atoms with Crippen molar-refractivity contribution in [3.8, 4) is 5.82 Å². The highest BCUT2D eigenvalue weighted by molar-refractivity contribution is 6.11. The number of nitrogens with zero attached hydrogens (tertiary/aromatic N) is 4. The van der Waals surface area contributed by atoms with Gasteiger partial charge in [0.1, 0.15) is 29.5 Å². The highest BCUT2D eigenvalue weighted by atomic mass is 19.3. The number of aldehydes is 1. The molecule has 1 aromatic carbocycles. The van der Waals surface area contributed by atoms with Gasteiger partial charge in [-0.2, -0.15) is 5.10 Å². The molecule has 1 fully saturated rings. The third-order valence-corrected chi connectivity index (χ3v) is 5.95. The summed E-state index contributed by atoms with van der Waals surface area (Å²) in [5.41, 5.74) is 0.873. The van der Waals surface area contributed by atoms with Crippen LogP contribution in [0.15, 0.2) is 48.1 Å². The van der Waals surface area contributed by atoms with Crippen molar-refractivity contribution in [2.75, 3.05) is 11.9 Å². The Morgan fingerprint density at radius 1 is 1.25 bits per heavy atom. The van der Waals surface area contributed by atoms with E-state index in [1.807, 2.05) is 6.92 Å². The molecule has 2 aromatic heterocycles. The molecule has 2 heterocycles. The van der Waals surface area contributed by atoms with Gasteiger partial charge in [0.05, 0.1) is 17.0 Å². The Morgan fingerprint density at radius 3 is 2.58 bits per heavy atom. The Balaban J connectivity index is 1.71. The summed E-state index contributed by atoms with van der Waals surface area (Å²) in [5.74, 6) is 1.04. The molecule has 0 bridgehead atoms. The summed E-state index contributed by atoms with van der Waals surface area (Å²) in [6, 6.07) is 7.15. The third kappa shape index (κ3) is 5.45. The number of allylic oxidation sites excluding steroid dienone is 1. The summed E-state index contributed by atoms with van der Waals surface area (Å²) in [4.78, 5) is 19.7. The van der Waals surface area contributed by atoms with E-state index in [-0.39, 0.29) is 34.4 Å². The number of aryl methyl sites for hydroxylation is 1. The van der Waals surface area contributed by atoms with Crippen LogP contribution in [0.5, 0.6) is 0 Å². The minimum absolute atomic E-state index is 0.0622. The first-order chi connectivity index (χ1) is 17.3. The van der Waals surface area contributed by atoms with Crippen LogP contribution in [0.4, 0.5) is 19.0 Å². The third-order valence-electron chi connectivity index (χ3n) is 5.95. The second-order valence-corrected chi connectivity index (χ2v) is 8.51. The van der Waals surface area contributed by atoms with Gasteiger partial charge in [-0.15, -0.1) is 0 Å². The van der Waals surface area contributed by atoms with E-state index in [9.17, 15) is 18.0 Å². The summed E-state index contributed by atoms with van der Waals surface area (Å²) in [6.07, 6.45) is 1.35. The molecule has 3 aromatic rings. The number of benzene rings is 1. The number of hydrogen-bond acceptors (Lipinski definition) is 7. The van der Waals surface area contributed by atoms with Crippen molar-refractivity contribution >= 4 is 17.8 Å². The lowest BCUT2D eigenvalue weighted by Gasteiger charge is -2.19. The normalized spacial score (nSPS) is 13.9. The maximum Gasteiger partial charge on any atom is 0.281 e. The molecule has 11 heteroatoms. The van der Waals surface area contributed by atoms with Gasteiger partial charge in [-0.1, -0.05) is 6.92 Å². The second-order valence-electron chi connectivity index (χ2n) is 8.51. The van der Waals surface area contributed by atoms with Gasteiger partial charge in [-0.25, -0.2) is 27.8 Å². The van der Waals surface area contributed by atoms with Crippen LogP contribution in [0.2, 0.25) is 0 Å². The van der Waals surface area contributed by atoms with Crippen molar-refractivity contribution in [2.45, 2.75) is 39.5 Å². The van der Waals surface area contributed by atoms with Crippen LogP contribution >= 0.6 is 0 Å². The monoisotopic (exact) mass is 497 g/mol. The van der Waals surface area contributed by atoms with Gasteiger partial charge >= 0.3 is 0 Å². The number of hydrogen-bond donors (Lipinski definition) is 3. The van der Waals surface area contributed by atoms with Crippen LogP contribution in [0, 0.1) is 24.1 Å². The molecule has 36 heavy (non-hydrogen) atoms. The Hall–Kier alpha value is -4.02. The van der Waals surface area contributed by atoms with Crippen molar-refractivity contribution in [2.24, 2.45) is 5.92 Å². The fraction of sp³-hybridized carbons (Fsp3) is 0.320. The van der Waals surface area contributed by atoms with Crippen LogP contribution in [-0.2, 0) is 0 Å². The lowest BCUT2D eigenvalue weighted by molar-refractivity contribution is 0.110. The van der Waals surface area contributed by atoms with Crippen LogP contribution in [0.1, 0.15) is 59.9 Å². The van der Waals surface area contributed by atoms with Crippen LogP contribution < -0.4 is 10.6 Å². The lowest BCUT2D eigenvalue weighted by atomic mass is 10.00. The highest BCUT2D eigenvalue weighted by Crippen LogP contribution is 2.29. The molecule has 3 N–H and O–H groups in total. The maximum absolute atomic E-state index is 13.8. The number of anilines is 1. The molecule has 188 valence electrons. The first-order valence-corrected chi connectivity index (χ1v) is 11.6. The molecule has 0 saturated heterocycles. The molecule has 0 atom stereocenters. The molecule has 4 rings (SSSR count). The van der Waals surface area contributed by atoms with E-state index < -0.39 is 12.1 Å². The number of halogens is 3. The molecule has 1 saturated carbocycles. The Labute approximate surface area is 206 Å². The van der Waals surface area contributed by atoms with E-state index in [1.54, 1.807) is 12.1 Å². The van der Waals surface area contributed by atoms with Crippen LogP contribution in [0.25, 0.3) is 5.82 Å². The molecule has 0 unspecified atom stereocenters. The number of carbonyl (C=O) groups is 1. The largest absolute Gasteiger partial charge is 0.371 e. The van der Waals surface area contributed by atoms with Crippen molar-refractivity contribution in [1.29, 1.82) is 5.41 Å². The van der Waals surface area contributed by atoms with Gasteiger partial charge in [-0.05, 0) is 56.4 Å². The van der Waals surface area contributed by atoms with E-state index in [4.69, 9.17) is 5.41 Å². The average Bonchev–Trinajstić information content (AvgIpc) is 3.63. The van der Waals surface area contributed by atoms with E-state index in [0.29, 0.717) is 42.1 Å². The van der Waals surface area contributed by atoms with Crippen LogP contribution in [-0.4, -0.2) is 38.3 Å². The van der Waals surface area contributed by atoms with Crippen molar-refractivity contribution in [3.63, 3.8) is 0 Å². The second kappa shape index (κ2) is 10.7. The first kappa shape index (κ1) is 25.1. The molecule has 0 spiro atoms. The average molecular weight is 498 g/mol. The lowest BCUT2D eigenvalue weighted by Crippen LogP contribution is -2.26. The molecule has 0 aliphatic heterocycles. The Morgan fingerprint density at radius 2 is 1.97 bits per heavy atom. The number of aromatic nitrogens is 4. The Kier molecular flexibility index (Phi) is 7.47. The van der Waals surface area contributed by atoms with E-state index in [2.05, 4.69) is 25.7 Å². The predicted octanol–water partition coefficient (Wildman–Crippen LogP) is 4.96. The fourth-order valence-corrected chi connectivity index (χ4v) is 3.81. The first-order valence-electron chi connectivity index (χ1n) is 11.6. The van der Waals surface area contributed by atoms with Crippen molar-refractivity contribution in [1.82, 2.24) is 25.1 Å². The van der Waals surface area contributed by atoms with Gasteiger partial charge in [0.15, 0.2) is 12.1 Å². The van der Waals surface area contributed by atoms with Gasteiger partial charge in [0, 0.05) is 23.7 Å². The molecule has 1 aliphatic rings. The number of rotatable bonds is 11. The summed E-state index contributed by atoms with van der Waals surface area (Å²) in [6.45, 7) is 4.07. The SMILES string of the molecule is CC/C(C(=N)c1ccc(F)cc1)=C(/NCC1CC1)Nc1cc(-n2nc(C)c(C=O)c2C(F)F)ncn1. The quantitative estimate of drug-likeness (QED) is 0.255. The van der Waals surface area contributed by atoms with Gasteiger partial charge in [0.25, 0.3) is 6.43 Å². The number of carbonyl (C=O) groups excluding carboxylic acids is 1. The molecular formula is C25H26F3N7O. The fourth-order valence-electron chi connectivity index (χ4n) is 3.81. The zero-order valence-corrected chi connectivity index (χ0v) is 19.9. The van der Waals surface area contributed by atoms with Crippen molar-refractivity contribution in [3.05, 3.63) is 76.4 Å². The minimum atomic E-state index is -2.93. The standard InChI is InChI=1S/C25H26F3N7O/c1-3-18(22(29)16-6-8-17(26)9-7-16)25(30-11-15-4-5-15)33-20-10-21(32-13-31-20)35-23(24(27)28)19(12-36)14(2)34-35/h6-10,12-13,15,24,29-30H,3-5,11H2,1-2H3,(H,31,32,33)/b25-18+,29-22?. The molecular weight excluding hydrogens is 471 g/mol. The van der Waals surface area contributed by atoms with Crippen molar-refractivity contribution < 1.29 is 18.0 Å². The zero-order valence-electron chi connectivity index (χ0n) is 19.9. The summed E-state index contributed by atoms with van der Waals surface area (Å²) < 4.78 is 41.8. The molecule has 8 nitrogen and oxygen atoms in total. The topological polar surface area (TPSA) is 109 Å². The Bertz CT molecular complexity index is 1300. The van der Waals surface area contributed by atoms with E-state index in [0.717, 1.165) is 17.5 Å². The maximum atomic E-state index is 13.8. The van der Waals surface area contributed by atoms with Gasteiger partial charge in [-0.3, -0.25) is 10.2 Å². The number of alkyl halides is 2. The highest BCUT2D eigenvalue weighted by Gasteiger charge is 2.25. The van der Waals surface area contributed by atoms with Gasteiger partial charge in [0.2, 0.25) is 0 Å². The van der Waals surface area contributed by atoms with Gasteiger partial charge < -0.3 is 10.6 Å². The summed E-state index contributed by atoms with van der Waals surface area (Å²) in [5, 5.41) is 19.3. The predicted molar refractivity (Wildman–Crippen MR) is 129 cm³/mol. The molecule has 1 aliphatic carbocycles. The summed E-state index contributed by atoms with van der Waals surface area (Å²) >= 11 is 0. The summed E-state index contributed by atoms with van der Waals surface area (Å²) in [7, 11) is 0. The molecule has 0 amide bonds. The minimum Gasteiger partial charge on any atom is -0.371 e. The zero-order chi connectivity index (χ0) is 25.8. The van der Waals surface area contributed by atoms with E-state index in [1.165, 1.54) is 31.5 Å². The molecule has 0 radical (unpaired) electrons. The smallest absolute Gasteiger partial charge is 0.281 e. The van der Waals surface area contributed by atoms with E-state index >= 15 is 0 Å².